The molecule has 9 heteroatoms. The smallest absolute Gasteiger partial charge is 0.375 e. The summed E-state index contributed by atoms with van der Waals surface area (Å²) in [5.41, 5.74) is -0.837. The monoisotopic (exact) mass is 384 g/mol. The Morgan fingerprint density at radius 2 is 1.96 bits per heavy atom. The van der Waals surface area contributed by atoms with Crippen molar-refractivity contribution in [2.75, 3.05) is 11.9 Å². The van der Waals surface area contributed by atoms with Crippen molar-refractivity contribution < 1.29 is 22.7 Å². The third-order valence-corrected chi connectivity index (χ3v) is 4.38. The number of anilines is 1. The Morgan fingerprint density at radius 1 is 1.26 bits per heavy atom. The normalized spacial score (nSPS) is 15.8. The molecule has 0 atom stereocenters. The van der Waals surface area contributed by atoms with Crippen molar-refractivity contribution in [2.45, 2.75) is 64.3 Å². The van der Waals surface area contributed by atoms with E-state index in [2.05, 4.69) is 15.3 Å². The van der Waals surface area contributed by atoms with Gasteiger partial charge in [0.15, 0.2) is 5.65 Å². The molecule has 27 heavy (non-hydrogen) atoms. The molecule has 1 aliphatic rings. The first-order valence-electron chi connectivity index (χ1n) is 8.94. The van der Waals surface area contributed by atoms with E-state index in [1.54, 1.807) is 4.57 Å². The van der Waals surface area contributed by atoms with E-state index < -0.39 is 11.9 Å². The predicted molar refractivity (Wildman–Crippen MR) is 94.4 cm³/mol. The number of halogens is 3. The zero-order valence-corrected chi connectivity index (χ0v) is 15.6. The Hall–Kier alpha value is -2.16. The average Bonchev–Trinajstić information content (AvgIpc) is 2.81. The van der Waals surface area contributed by atoms with Crippen LogP contribution in [0.1, 0.15) is 58.2 Å². The van der Waals surface area contributed by atoms with Gasteiger partial charge in [0, 0.05) is 6.04 Å². The molecule has 2 aromatic rings. The molecule has 0 bridgehead atoms. The number of hydrogen-bond donors (Lipinski definition) is 1. The quantitative estimate of drug-likeness (QED) is 0.834. The lowest BCUT2D eigenvalue weighted by Crippen LogP contribution is -2.25. The van der Waals surface area contributed by atoms with E-state index in [9.17, 15) is 18.0 Å². The van der Waals surface area contributed by atoms with Crippen LogP contribution in [0.3, 0.4) is 0 Å². The molecule has 0 radical (unpaired) electrons. The van der Waals surface area contributed by atoms with E-state index in [1.807, 2.05) is 20.8 Å². The highest BCUT2D eigenvalue weighted by Gasteiger charge is 2.34. The number of ether oxygens (including phenoxy) is 1. The van der Waals surface area contributed by atoms with Crippen molar-refractivity contribution in [3.05, 3.63) is 17.8 Å². The van der Waals surface area contributed by atoms with Gasteiger partial charge in [-0.05, 0) is 52.2 Å². The molecule has 0 unspecified atom stereocenters. The molecular formula is C18H23F3N4O2. The first-order valence-corrected chi connectivity index (χ1v) is 8.94. The van der Waals surface area contributed by atoms with E-state index in [0.29, 0.717) is 5.52 Å². The molecule has 0 aromatic carbocycles. The molecule has 0 spiro atoms. The Morgan fingerprint density at radius 3 is 2.52 bits per heavy atom. The minimum absolute atomic E-state index is 0.00731. The van der Waals surface area contributed by atoms with Crippen LogP contribution in [0.2, 0.25) is 0 Å². The lowest BCUT2D eigenvalue weighted by molar-refractivity contribution is -0.141. The third kappa shape index (κ3) is 4.58. The van der Waals surface area contributed by atoms with Crippen LogP contribution in [0, 0.1) is 0 Å². The van der Waals surface area contributed by atoms with Gasteiger partial charge in [0.1, 0.15) is 11.2 Å². The number of pyridine rings is 1. The molecule has 1 amide bonds. The molecule has 1 N–H and O–H groups in total. The lowest BCUT2D eigenvalue weighted by Gasteiger charge is -2.28. The number of imidazole rings is 1. The Balaban J connectivity index is 1.85. The fourth-order valence-corrected chi connectivity index (χ4v) is 2.85. The minimum atomic E-state index is -4.53. The van der Waals surface area contributed by atoms with Gasteiger partial charge in [-0.1, -0.05) is 0 Å². The molecule has 1 aliphatic carbocycles. The maximum Gasteiger partial charge on any atom is 0.433 e. The van der Waals surface area contributed by atoms with Crippen LogP contribution in [0.5, 0.6) is 0 Å². The van der Waals surface area contributed by atoms with Crippen LogP contribution in [-0.2, 0) is 15.7 Å². The summed E-state index contributed by atoms with van der Waals surface area (Å²) >= 11 is 0. The van der Waals surface area contributed by atoms with Gasteiger partial charge in [-0.2, -0.15) is 13.2 Å². The van der Waals surface area contributed by atoms with E-state index in [-0.39, 0.29) is 42.2 Å². The molecule has 0 saturated heterocycles. The summed E-state index contributed by atoms with van der Waals surface area (Å²) < 4.78 is 46.2. The molecule has 2 heterocycles. The summed E-state index contributed by atoms with van der Waals surface area (Å²) in [5.74, 6) is -0.0616. The highest BCUT2D eigenvalue weighted by Crippen LogP contribution is 2.37. The number of aromatic nitrogens is 3. The second-order valence-corrected chi connectivity index (χ2v) is 7.69. The number of rotatable bonds is 5. The van der Waals surface area contributed by atoms with Crippen LogP contribution in [-0.4, -0.2) is 32.7 Å². The molecule has 0 aliphatic heterocycles. The standard InChI is InChI=1S/C18H23F3N4O2/c1-17(2,3)27-10-9-14(26)24-16-22-12-7-8-13(18(19,20)21)23-15(12)25(16)11-5-4-6-11/h7-8,11H,4-6,9-10H2,1-3H3,(H,22,24,26). The molecule has 6 nitrogen and oxygen atoms in total. The van der Waals surface area contributed by atoms with Crippen LogP contribution >= 0.6 is 0 Å². The zero-order valence-electron chi connectivity index (χ0n) is 15.6. The van der Waals surface area contributed by atoms with Crippen molar-refractivity contribution in [2.24, 2.45) is 0 Å². The molecule has 148 valence electrons. The second kappa shape index (κ2) is 7.10. The predicted octanol–water partition coefficient (Wildman–Crippen LogP) is 4.32. The van der Waals surface area contributed by atoms with Crippen molar-refractivity contribution >= 4 is 23.0 Å². The number of fused-ring (bicyclic) bond motifs is 1. The van der Waals surface area contributed by atoms with E-state index >= 15 is 0 Å². The summed E-state index contributed by atoms with van der Waals surface area (Å²) in [6.07, 6.45) is -1.78. The maximum atomic E-state index is 13.0. The van der Waals surface area contributed by atoms with E-state index in [1.165, 1.54) is 6.07 Å². The highest BCUT2D eigenvalue weighted by molar-refractivity contribution is 5.91. The molecule has 3 rings (SSSR count). The first kappa shape index (κ1) is 19.6. The fourth-order valence-electron chi connectivity index (χ4n) is 2.85. The zero-order chi connectivity index (χ0) is 19.8. The van der Waals surface area contributed by atoms with Gasteiger partial charge < -0.3 is 4.74 Å². The SMILES string of the molecule is CC(C)(C)OCCC(=O)Nc1nc2ccc(C(F)(F)F)nc2n1C1CCC1. The van der Waals surface area contributed by atoms with E-state index in [0.717, 1.165) is 25.3 Å². The largest absolute Gasteiger partial charge is 0.433 e. The van der Waals surface area contributed by atoms with Gasteiger partial charge in [-0.15, -0.1) is 0 Å². The topological polar surface area (TPSA) is 69.0 Å². The number of carbonyl (C=O) groups excluding carboxylic acids is 1. The van der Waals surface area contributed by atoms with Gasteiger partial charge in [0.2, 0.25) is 11.9 Å². The third-order valence-electron chi connectivity index (χ3n) is 4.38. The average molecular weight is 384 g/mol. The summed E-state index contributed by atoms with van der Waals surface area (Å²) in [6.45, 7) is 5.93. The summed E-state index contributed by atoms with van der Waals surface area (Å²) in [6, 6.07) is 2.19. The van der Waals surface area contributed by atoms with Gasteiger partial charge in [0.05, 0.1) is 18.6 Å². The van der Waals surface area contributed by atoms with Crippen LogP contribution < -0.4 is 5.32 Å². The molecular weight excluding hydrogens is 361 g/mol. The summed E-state index contributed by atoms with van der Waals surface area (Å²) in [7, 11) is 0. The van der Waals surface area contributed by atoms with Gasteiger partial charge in [0.25, 0.3) is 0 Å². The number of alkyl halides is 3. The van der Waals surface area contributed by atoms with Crippen molar-refractivity contribution in [3.8, 4) is 0 Å². The number of hydrogen-bond acceptors (Lipinski definition) is 4. The Labute approximate surface area is 155 Å². The lowest BCUT2D eigenvalue weighted by atomic mass is 9.93. The maximum absolute atomic E-state index is 13.0. The second-order valence-electron chi connectivity index (χ2n) is 7.69. The van der Waals surface area contributed by atoms with Crippen molar-refractivity contribution in [3.63, 3.8) is 0 Å². The van der Waals surface area contributed by atoms with Crippen LogP contribution in [0.25, 0.3) is 11.2 Å². The first-order chi connectivity index (χ1) is 12.5. The van der Waals surface area contributed by atoms with Crippen LogP contribution in [0.4, 0.5) is 19.1 Å². The number of amides is 1. The van der Waals surface area contributed by atoms with E-state index in [4.69, 9.17) is 4.74 Å². The number of carbonyl (C=O) groups is 1. The summed E-state index contributed by atoms with van der Waals surface area (Å²) in [4.78, 5) is 20.3. The van der Waals surface area contributed by atoms with Crippen molar-refractivity contribution in [1.82, 2.24) is 14.5 Å². The van der Waals surface area contributed by atoms with Crippen LogP contribution in [0.15, 0.2) is 12.1 Å². The number of nitrogens with zero attached hydrogens (tertiary/aromatic N) is 3. The van der Waals surface area contributed by atoms with Crippen molar-refractivity contribution in [1.29, 1.82) is 0 Å². The molecule has 2 aromatic heterocycles. The molecule has 1 fully saturated rings. The van der Waals surface area contributed by atoms with Gasteiger partial charge >= 0.3 is 6.18 Å². The van der Waals surface area contributed by atoms with Gasteiger partial charge in [-0.3, -0.25) is 14.7 Å². The minimum Gasteiger partial charge on any atom is -0.375 e. The fraction of sp³-hybridized carbons (Fsp3) is 0.611. The summed E-state index contributed by atoms with van der Waals surface area (Å²) in [5, 5.41) is 2.71. The Bertz CT molecular complexity index is 835. The highest BCUT2D eigenvalue weighted by atomic mass is 19.4. The molecule has 1 saturated carbocycles. The Kier molecular flexibility index (Phi) is 5.16. The number of nitrogens with one attached hydrogen (secondary N) is 1. The van der Waals surface area contributed by atoms with Gasteiger partial charge in [-0.25, -0.2) is 9.97 Å².